The molecule has 116 valence electrons. The van der Waals surface area contributed by atoms with Gasteiger partial charge in [0.2, 0.25) is 0 Å². The van der Waals surface area contributed by atoms with Crippen molar-refractivity contribution in [2.24, 2.45) is 5.73 Å². The first-order valence-electron chi connectivity index (χ1n) is 7.21. The molecular weight excluding hydrogens is 284 g/mol. The highest BCUT2D eigenvalue weighted by Crippen LogP contribution is 2.37. The van der Waals surface area contributed by atoms with Crippen molar-refractivity contribution in [1.82, 2.24) is 4.90 Å². The van der Waals surface area contributed by atoms with Gasteiger partial charge in [0.15, 0.2) is 0 Å². The highest BCUT2D eigenvalue weighted by atomic mass is 19.4. The zero-order valence-corrected chi connectivity index (χ0v) is 11.5. The Morgan fingerprint density at radius 1 is 1.10 bits per heavy atom. The van der Waals surface area contributed by atoms with E-state index in [1.165, 1.54) is 6.07 Å². The molecule has 0 radical (unpaired) electrons. The molecule has 21 heavy (non-hydrogen) atoms. The van der Waals surface area contributed by atoms with Crippen molar-refractivity contribution < 1.29 is 17.6 Å². The summed E-state index contributed by atoms with van der Waals surface area (Å²) in [7, 11) is 0. The normalized spacial score (nSPS) is 29.9. The van der Waals surface area contributed by atoms with Crippen molar-refractivity contribution in [3.63, 3.8) is 0 Å². The Labute approximate surface area is 120 Å². The first kappa shape index (κ1) is 14.8. The summed E-state index contributed by atoms with van der Waals surface area (Å²) in [6.45, 7) is 0.364. The van der Waals surface area contributed by atoms with Gasteiger partial charge in [-0.3, -0.25) is 4.90 Å². The van der Waals surface area contributed by atoms with Gasteiger partial charge in [0.25, 0.3) is 0 Å². The maximum atomic E-state index is 13.4. The predicted molar refractivity (Wildman–Crippen MR) is 71.0 cm³/mol. The van der Waals surface area contributed by atoms with E-state index in [9.17, 15) is 17.6 Å². The number of halogens is 4. The van der Waals surface area contributed by atoms with Crippen LogP contribution >= 0.6 is 0 Å². The molecule has 2 aliphatic rings. The van der Waals surface area contributed by atoms with E-state index in [2.05, 4.69) is 4.90 Å². The van der Waals surface area contributed by atoms with Crippen LogP contribution in [0.3, 0.4) is 0 Å². The second-order valence-electron chi connectivity index (χ2n) is 6.13. The van der Waals surface area contributed by atoms with Crippen molar-refractivity contribution in [2.75, 3.05) is 0 Å². The zero-order chi connectivity index (χ0) is 15.2. The minimum absolute atomic E-state index is 0.178. The Bertz CT molecular complexity index is 515. The summed E-state index contributed by atoms with van der Waals surface area (Å²) in [4.78, 5) is 2.19. The molecule has 2 heterocycles. The lowest BCUT2D eigenvalue weighted by Gasteiger charge is -2.37. The third kappa shape index (κ3) is 3.06. The molecule has 2 fully saturated rings. The van der Waals surface area contributed by atoms with Crippen LogP contribution in [-0.2, 0) is 12.7 Å². The van der Waals surface area contributed by atoms with E-state index in [1.54, 1.807) is 0 Å². The van der Waals surface area contributed by atoms with E-state index < -0.39 is 17.6 Å². The van der Waals surface area contributed by atoms with Crippen LogP contribution in [0.4, 0.5) is 17.6 Å². The lowest BCUT2D eigenvalue weighted by molar-refractivity contribution is -0.137. The maximum Gasteiger partial charge on any atom is 0.416 e. The molecule has 2 aliphatic heterocycles. The first-order valence-corrected chi connectivity index (χ1v) is 7.21. The Morgan fingerprint density at radius 3 is 2.29 bits per heavy atom. The van der Waals surface area contributed by atoms with Gasteiger partial charge in [0.05, 0.1) is 5.56 Å². The molecule has 6 heteroatoms. The third-order valence-corrected chi connectivity index (χ3v) is 4.57. The molecular formula is C15H18F4N2. The highest BCUT2D eigenvalue weighted by Gasteiger charge is 2.39. The molecule has 3 rings (SSSR count). The molecule has 2 bridgehead atoms. The summed E-state index contributed by atoms with van der Waals surface area (Å²) in [5.41, 5.74) is 5.45. The van der Waals surface area contributed by atoms with Crippen molar-refractivity contribution in [1.29, 1.82) is 0 Å². The van der Waals surface area contributed by atoms with Crippen LogP contribution in [0.25, 0.3) is 0 Å². The van der Waals surface area contributed by atoms with Gasteiger partial charge < -0.3 is 5.73 Å². The van der Waals surface area contributed by atoms with Gasteiger partial charge in [-0.15, -0.1) is 0 Å². The number of hydrogen-bond acceptors (Lipinski definition) is 2. The Morgan fingerprint density at radius 2 is 1.71 bits per heavy atom. The molecule has 2 unspecified atom stereocenters. The maximum absolute atomic E-state index is 13.4. The molecule has 0 amide bonds. The lowest BCUT2D eigenvalue weighted by atomic mass is 9.97. The molecule has 0 saturated carbocycles. The largest absolute Gasteiger partial charge is 0.416 e. The van der Waals surface area contributed by atoms with Crippen LogP contribution in [0.5, 0.6) is 0 Å². The summed E-state index contributed by atoms with van der Waals surface area (Å²) in [5, 5.41) is 0. The number of nitrogens with zero attached hydrogens (tertiary/aromatic N) is 1. The van der Waals surface area contributed by atoms with E-state index in [1.807, 2.05) is 0 Å². The van der Waals surface area contributed by atoms with E-state index >= 15 is 0 Å². The molecule has 2 nitrogen and oxygen atoms in total. The van der Waals surface area contributed by atoms with Crippen LogP contribution in [0.15, 0.2) is 18.2 Å². The number of hydrogen-bond donors (Lipinski definition) is 1. The summed E-state index contributed by atoms with van der Waals surface area (Å²) in [5.74, 6) is -0.833. The van der Waals surface area contributed by atoms with Crippen LogP contribution in [-0.4, -0.2) is 23.0 Å². The first-order chi connectivity index (χ1) is 9.83. The number of alkyl halides is 3. The molecule has 2 N–H and O–H groups in total. The molecule has 1 aromatic rings. The second kappa shape index (κ2) is 5.25. The van der Waals surface area contributed by atoms with Gasteiger partial charge >= 0.3 is 6.18 Å². The van der Waals surface area contributed by atoms with Crippen LogP contribution in [0, 0.1) is 5.82 Å². The Hall–Kier alpha value is -1.14. The van der Waals surface area contributed by atoms with E-state index in [0.29, 0.717) is 30.3 Å². The minimum Gasteiger partial charge on any atom is -0.328 e. The van der Waals surface area contributed by atoms with Crippen molar-refractivity contribution in [3.8, 4) is 0 Å². The second-order valence-corrected chi connectivity index (χ2v) is 6.13. The topological polar surface area (TPSA) is 29.3 Å². The Kier molecular flexibility index (Phi) is 3.69. The van der Waals surface area contributed by atoms with E-state index in [4.69, 9.17) is 5.73 Å². The predicted octanol–water partition coefficient (Wildman–Crippen LogP) is 3.30. The fourth-order valence-corrected chi connectivity index (χ4v) is 3.69. The van der Waals surface area contributed by atoms with Crippen molar-refractivity contribution in [2.45, 2.75) is 56.5 Å². The Balaban J connectivity index is 1.81. The zero-order valence-electron chi connectivity index (χ0n) is 11.5. The number of piperidine rings is 1. The SMILES string of the molecule is NC1CC2CCC(C1)N2Cc1cc(F)cc(C(F)(F)F)c1. The quantitative estimate of drug-likeness (QED) is 0.849. The van der Waals surface area contributed by atoms with Crippen LogP contribution < -0.4 is 5.73 Å². The summed E-state index contributed by atoms with van der Waals surface area (Å²) in [6, 6.07) is 3.61. The summed E-state index contributed by atoms with van der Waals surface area (Å²) < 4.78 is 51.7. The number of fused-ring (bicyclic) bond motifs is 2. The average Bonchev–Trinajstić information content (AvgIpc) is 2.61. The van der Waals surface area contributed by atoms with Crippen LogP contribution in [0.2, 0.25) is 0 Å². The van der Waals surface area contributed by atoms with Gasteiger partial charge in [-0.25, -0.2) is 4.39 Å². The van der Waals surface area contributed by atoms with Gasteiger partial charge in [0.1, 0.15) is 5.82 Å². The fraction of sp³-hybridized carbons (Fsp3) is 0.600. The highest BCUT2D eigenvalue weighted by molar-refractivity contribution is 5.27. The average molecular weight is 302 g/mol. The van der Waals surface area contributed by atoms with Gasteiger partial charge in [0, 0.05) is 24.7 Å². The van der Waals surface area contributed by atoms with Gasteiger partial charge in [-0.05, 0) is 49.4 Å². The summed E-state index contributed by atoms with van der Waals surface area (Å²) >= 11 is 0. The molecule has 0 spiro atoms. The van der Waals surface area contributed by atoms with Crippen molar-refractivity contribution in [3.05, 3.63) is 35.1 Å². The lowest BCUT2D eigenvalue weighted by Crippen LogP contribution is -2.46. The standard InChI is InChI=1S/C15H18F4N2/c16-11-4-9(3-10(5-11)15(17,18)19)8-21-13-1-2-14(21)7-12(20)6-13/h3-5,12-14H,1-2,6-8,20H2. The smallest absolute Gasteiger partial charge is 0.328 e. The van der Waals surface area contributed by atoms with Gasteiger partial charge in [-0.2, -0.15) is 13.2 Å². The fourth-order valence-electron chi connectivity index (χ4n) is 3.69. The van der Waals surface area contributed by atoms with E-state index in [-0.39, 0.29) is 6.04 Å². The third-order valence-electron chi connectivity index (χ3n) is 4.57. The number of rotatable bonds is 2. The number of benzene rings is 1. The van der Waals surface area contributed by atoms with Crippen LogP contribution in [0.1, 0.15) is 36.8 Å². The number of nitrogens with two attached hydrogens (primary N) is 1. The van der Waals surface area contributed by atoms with Gasteiger partial charge in [-0.1, -0.05) is 0 Å². The van der Waals surface area contributed by atoms with Crippen molar-refractivity contribution >= 4 is 0 Å². The molecule has 2 atom stereocenters. The molecule has 2 saturated heterocycles. The van der Waals surface area contributed by atoms with E-state index in [0.717, 1.165) is 31.7 Å². The minimum atomic E-state index is -4.51. The molecule has 0 aromatic heterocycles. The molecule has 1 aromatic carbocycles. The summed E-state index contributed by atoms with van der Waals surface area (Å²) in [6.07, 6.45) is -0.713. The molecule has 0 aliphatic carbocycles. The monoisotopic (exact) mass is 302 g/mol.